The highest BCUT2D eigenvalue weighted by molar-refractivity contribution is 5.35. The Kier molecular flexibility index (Phi) is 3.28. The lowest BCUT2D eigenvalue weighted by Crippen LogP contribution is -2.33. The topological polar surface area (TPSA) is 32.7 Å². The van der Waals surface area contributed by atoms with Gasteiger partial charge in [0.05, 0.1) is 0 Å². The maximum Gasteiger partial charge on any atom is 0.259 e. The normalized spacial score (nSPS) is 13.0. The Balaban J connectivity index is 2.69. The fourth-order valence-electron chi connectivity index (χ4n) is 0.838. The highest BCUT2D eigenvalue weighted by atomic mass is 16.6. The summed E-state index contributed by atoms with van der Waals surface area (Å²) in [6.07, 6.45) is -0.928. The van der Waals surface area contributed by atoms with Crippen LogP contribution >= 0.6 is 0 Å². The zero-order valence-corrected chi connectivity index (χ0v) is 7.90. The number of ether oxygens (including phenoxy) is 1. The number of benzene rings is 1. The summed E-state index contributed by atoms with van der Waals surface area (Å²) in [5.74, 6) is 0.601. The minimum Gasteiger partial charge on any atom is -0.451 e. The Bertz CT molecular complexity index is 273. The van der Waals surface area contributed by atoms with Gasteiger partial charge in [-0.15, -0.1) is 0 Å². The number of hydrogen-bond acceptors (Lipinski definition) is 3. The fraction of sp³-hybridized carbons (Fsp3) is 0.300. The molecule has 71 valence electrons. The molecule has 0 saturated carbocycles. The molecular weight excluding hydrogens is 166 g/mol. The first-order valence-corrected chi connectivity index (χ1v) is 4.03. The largest absolute Gasteiger partial charge is 0.451 e. The third-order valence-electron chi connectivity index (χ3n) is 1.65. The molecule has 1 unspecified atom stereocenters. The monoisotopic (exact) mass is 180 g/mol. The lowest BCUT2D eigenvalue weighted by Gasteiger charge is -2.20. The van der Waals surface area contributed by atoms with Gasteiger partial charge in [0.1, 0.15) is 5.75 Å². The van der Waals surface area contributed by atoms with E-state index >= 15 is 0 Å². The second-order valence-electron chi connectivity index (χ2n) is 3.02. The van der Waals surface area contributed by atoms with Crippen LogP contribution in [0.2, 0.25) is 0 Å². The van der Waals surface area contributed by atoms with Crippen molar-refractivity contribution in [1.29, 1.82) is 0 Å². The van der Waals surface area contributed by atoms with Crippen molar-refractivity contribution in [2.75, 3.05) is 14.1 Å². The van der Waals surface area contributed by atoms with Gasteiger partial charge in [0.15, 0.2) is 0 Å². The summed E-state index contributed by atoms with van der Waals surface area (Å²) in [7, 11) is 3.47. The predicted molar refractivity (Wildman–Crippen MR) is 51.2 cm³/mol. The van der Waals surface area contributed by atoms with Crippen molar-refractivity contribution in [1.82, 2.24) is 4.90 Å². The van der Waals surface area contributed by atoms with Crippen LogP contribution in [0, 0.1) is 6.92 Å². The number of para-hydroxylation sites is 1. The molecule has 0 aliphatic rings. The second kappa shape index (κ2) is 4.25. The molecule has 1 aromatic rings. The van der Waals surface area contributed by atoms with Crippen LogP contribution in [0.25, 0.3) is 0 Å². The van der Waals surface area contributed by atoms with Gasteiger partial charge in [-0.2, -0.15) is 0 Å². The average Bonchev–Trinajstić information content (AvgIpc) is 2.08. The minimum atomic E-state index is -0.928. The van der Waals surface area contributed by atoms with Crippen LogP contribution in [-0.4, -0.2) is 30.5 Å². The Morgan fingerprint density at radius 3 is 2.54 bits per heavy atom. The van der Waals surface area contributed by atoms with E-state index < -0.39 is 6.41 Å². The van der Waals surface area contributed by atoms with Crippen LogP contribution in [0.15, 0.2) is 24.3 Å². The number of hydrogen-bond donors (Lipinski definition) is 1. The van der Waals surface area contributed by atoms with E-state index in [-0.39, 0.29) is 0 Å². The summed E-state index contributed by atoms with van der Waals surface area (Å²) in [4.78, 5) is 1.56. The second-order valence-corrected chi connectivity index (χ2v) is 3.02. The maximum absolute atomic E-state index is 9.38. The molecule has 0 amide bonds. The summed E-state index contributed by atoms with van der Waals surface area (Å²) in [5, 5.41) is 9.38. The van der Waals surface area contributed by atoms with Gasteiger partial charge in [-0.25, -0.2) is 0 Å². The molecule has 0 bridgehead atoms. The van der Waals surface area contributed by atoms with Crippen molar-refractivity contribution in [3.05, 3.63) is 36.8 Å². The third kappa shape index (κ3) is 2.72. The first kappa shape index (κ1) is 10.0. The van der Waals surface area contributed by atoms with E-state index in [0.29, 0.717) is 5.75 Å². The van der Waals surface area contributed by atoms with E-state index in [4.69, 9.17) is 4.74 Å². The van der Waals surface area contributed by atoms with Gasteiger partial charge in [-0.05, 0) is 32.6 Å². The molecule has 1 rings (SSSR count). The van der Waals surface area contributed by atoms with Crippen LogP contribution in [-0.2, 0) is 0 Å². The quantitative estimate of drug-likeness (QED) is 0.707. The van der Waals surface area contributed by atoms with Crippen molar-refractivity contribution in [3.63, 3.8) is 0 Å². The molecular formula is C10H14NO2. The Labute approximate surface area is 78.6 Å². The third-order valence-corrected chi connectivity index (χ3v) is 1.65. The van der Waals surface area contributed by atoms with Crippen molar-refractivity contribution < 1.29 is 9.84 Å². The highest BCUT2D eigenvalue weighted by Crippen LogP contribution is 2.17. The molecule has 0 heterocycles. The molecule has 0 aliphatic carbocycles. The highest BCUT2D eigenvalue weighted by Gasteiger charge is 2.08. The van der Waals surface area contributed by atoms with E-state index in [1.165, 1.54) is 0 Å². The van der Waals surface area contributed by atoms with E-state index in [0.717, 1.165) is 5.56 Å². The van der Waals surface area contributed by atoms with Crippen molar-refractivity contribution in [2.24, 2.45) is 0 Å². The summed E-state index contributed by atoms with van der Waals surface area (Å²) in [6.45, 7) is 3.78. The molecule has 3 nitrogen and oxygen atoms in total. The van der Waals surface area contributed by atoms with Crippen molar-refractivity contribution in [2.45, 2.75) is 6.41 Å². The number of rotatable bonds is 3. The SMILES string of the molecule is [CH2]c1ccccc1OC(O)N(C)C. The molecule has 1 N–H and O–H groups in total. The molecule has 1 aromatic carbocycles. The number of aliphatic hydroxyl groups excluding tert-OH is 1. The van der Waals surface area contributed by atoms with Crippen molar-refractivity contribution in [3.8, 4) is 5.75 Å². The average molecular weight is 180 g/mol. The molecule has 0 aromatic heterocycles. The fourth-order valence-corrected chi connectivity index (χ4v) is 0.838. The molecule has 0 aliphatic heterocycles. The van der Waals surface area contributed by atoms with Crippen molar-refractivity contribution >= 4 is 0 Å². The number of nitrogens with zero attached hydrogens (tertiary/aromatic N) is 1. The van der Waals surface area contributed by atoms with Gasteiger partial charge < -0.3 is 9.84 Å². The van der Waals surface area contributed by atoms with Crippen LogP contribution in [0.1, 0.15) is 5.56 Å². The smallest absolute Gasteiger partial charge is 0.259 e. The van der Waals surface area contributed by atoms with Crippen LogP contribution in [0.3, 0.4) is 0 Å². The van der Waals surface area contributed by atoms with Gasteiger partial charge in [0.2, 0.25) is 0 Å². The van der Waals surface area contributed by atoms with E-state index in [9.17, 15) is 5.11 Å². The molecule has 13 heavy (non-hydrogen) atoms. The zero-order chi connectivity index (χ0) is 9.84. The van der Waals surface area contributed by atoms with Gasteiger partial charge in [-0.3, -0.25) is 4.90 Å². The lowest BCUT2D eigenvalue weighted by atomic mass is 10.2. The summed E-state index contributed by atoms with van der Waals surface area (Å²) in [6, 6.07) is 7.32. The van der Waals surface area contributed by atoms with E-state index in [2.05, 4.69) is 6.92 Å². The predicted octanol–water partition coefficient (Wildman–Crippen LogP) is 1.09. The molecule has 0 fully saturated rings. The molecule has 1 radical (unpaired) electrons. The Morgan fingerprint density at radius 2 is 2.00 bits per heavy atom. The van der Waals surface area contributed by atoms with E-state index in [1.54, 1.807) is 25.1 Å². The van der Waals surface area contributed by atoms with Crippen LogP contribution in [0.5, 0.6) is 5.75 Å². The van der Waals surface area contributed by atoms with Crippen LogP contribution in [0.4, 0.5) is 0 Å². The Hall–Kier alpha value is -1.06. The van der Waals surface area contributed by atoms with Gasteiger partial charge in [-0.1, -0.05) is 18.2 Å². The van der Waals surface area contributed by atoms with Gasteiger partial charge in [0, 0.05) is 0 Å². The maximum atomic E-state index is 9.38. The summed E-state index contributed by atoms with van der Waals surface area (Å²) < 4.78 is 5.23. The number of aliphatic hydroxyl groups is 1. The van der Waals surface area contributed by atoms with Gasteiger partial charge >= 0.3 is 0 Å². The minimum absolute atomic E-state index is 0.601. The van der Waals surface area contributed by atoms with Crippen LogP contribution < -0.4 is 4.74 Å². The summed E-state index contributed by atoms with van der Waals surface area (Å²) >= 11 is 0. The molecule has 1 atom stereocenters. The zero-order valence-electron chi connectivity index (χ0n) is 7.90. The molecule has 3 heteroatoms. The lowest BCUT2D eigenvalue weighted by molar-refractivity contribution is -0.114. The van der Waals surface area contributed by atoms with Gasteiger partial charge in [0.25, 0.3) is 6.41 Å². The molecule has 0 spiro atoms. The first-order valence-electron chi connectivity index (χ1n) is 4.03. The molecule has 0 saturated heterocycles. The van der Waals surface area contributed by atoms with E-state index in [1.807, 2.05) is 18.2 Å². The standard InChI is InChI=1S/C10H14NO2/c1-8-6-4-5-7-9(8)13-10(12)11(2)3/h4-7,10,12H,1H2,2-3H3. The Morgan fingerprint density at radius 1 is 1.38 bits per heavy atom. The summed E-state index contributed by atoms with van der Waals surface area (Å²) in [5.41, 5.74) is 0.767. The first-order chi connectivity index (χ1) is 6.11.